The molecule has 0 aliphatic carbocycles. The van der Waals surface area contributed by atoms with Crippen molar-refractivity contribution in [2.75, 3.05) is 18.9 Å². The molecule has 2 saturated heterocycles. The zero-order valence-corrected chi connectivity index (χ0v) is 24.9. The number of aliphatic hydroxyl groups is 2. The van der Waals surface area contributed by atoms with Crippen molar-refractivity contribution in [3.63, 3.8) is 0 Å². The summed E-state index contributed by atoms with van der Waals surface area (Å²) in [6.07, 6.45) is -8.12. The number of imidazole rings is 1. The smallest absolute Gasteiger partial charge is 0.851 e. The maximum atomic E-state index is 12.5. The van der Waals surface area contributed by atoms with Crippen LogP contribution < -0.4 is 45.1 Å². The molecule has 3 aromatic rings. The largest absolute Gasteiger partial charge is 1.00 e. The van der Waals surface area contributed by atoms with Gasteiger partial charge in [0.1, 0.15) is 35.7 Å². The van der Waals surface area contributed by atoms with Gasteiger partial charge in [0, 0.05) is 6.07 Å². The van der Waals surface area contributed by atoms with Crippen LogP contribution in [-0.4, -0.2) is 95.3 Å². The molecule has 2 unspecified atom stereocenters. The molecule has 24 heteroatoms. The first-order valence-electron chi connectivity index (χ1n) is 12.6. The van der Waals surface area contributed by atoms with E-state index in [-0.39, 0.29) is 41.4 Å². The molecular formula is C21H26LiN7O14P2. The molecule has 0 spiro atoms. The summed E-state index contributed by atoms with van der Waals surface area (Å²) in [6.45, 7) is -1.92. The second-order valence-electron chi connectivity index (χ2n) is 9.64. The van der Waals surface area contributed by atoms with Gasteiger partial charge in [-0.1, -0.05) is 0 Å². The number of hydrogen-bond acceptors (Lipinski definition) is 16. The monoisotopic (exact) mass is 669 g/mol. The van der Waals surface area contributed by atoms with E-state index in [9.17, 15) is 44.1 Å². The number of nitrogen functional groups attached to an aromatic ring is 1. The Morgan fingerprint density at radius 3 is 2.38 bits per heavy atom. The minimum Gasteiger partial charge on any atom is -0.851 e. The summed E-state index contributed by atoms with van der Waals surface area (Å²) in [5.74, 6) is -0.757. The van der Waals surface area contributed by atoms with Crippen LogP contribution in [0.5, 0.6) is 0 Å². The van der Waals surface area contributed by atoms with Crippen molar-refractivity contribution < 1.29 is 90.4 Å². The predicted octanol–water partition coefficient (Wildman–Crippen LogP) is -7.28. The van der Waals surface area contributed by atoms with E-state index in [1.54, 1.807) is 0 Å². The molecular weight excluding hydrogens is 643 g/mol. The van der Waals surface area contributed by atoms with Crippen LogP contribution in [0.4, 0.5) is 5.82 Å². The van der Waals surface area contributed by atoms with E-state index in [1.165, 1.54) is 35.4 Å². The number of primary amides is 1. The Labute approximate surface area is 264 Å². The van der Waals surface area contributed by atoms with Crippen molar-refractivity contribution in [1.82, 2.24) is 19.5 Å². The normalized spacial score (nSPS) is 30.9. The van der Waals surface area contributed by atoms with Crippen LogP contribution >= 0.6 is 15.6 Å². The predicted molar refractivity (Wildman–Crippen MR) is 135 cm³/mol. The van der Waals surface area contributed by atoms with Gasteiger partial charge in [-0.05, 0) is 12.2 Å². The van der Waals surface area contributed by atoms with Gasteiger partial charge in [0.15, 0.2) is 30.1 Å². The quantitative estimate of drug-likeness (QED) is 0.0627. The number of pyridine rings is 1. The van der Waals surface area contributed by atoms with Crippen LogP contribution in [-0.2, 0) is 32.0 Å². The standard InChI is InChI=1S/C21H26N7O14P2.Li/c22-17-12-19(25-7-24-17)28(8-26-12)21-16(32)14(30)11(41-21)6-39-44(36,37)42-43(34,35)38-5-10-13(29)15(31)20(40-10)27-3-1-2-9(4-27)18(23)33;/h1-4,7-8,10-11,13-16,20-21,30,32H,5-6H2,(H2,23,33)(H,34,35)(H,36,37)(H2,22,24,25);/q-1;+1/t10-,11-,13-,14-,15-,16-,20-,21-;/m1./s1. The average molecular weight is 669 g/mol. The molecule has 8 N–H and O–H groups in total. The minimum absolute atomic E-state index is 0. The molecule has 240 valence electrons. The zero-order chi connectivity index (χ0) is 32.0. The van der Waals surface area contributed by atoms with Gasteiger partial charge in [-0.3, -0.25) is 18.4 Å². The maximum absolute atomic E-state index is 12.5. The second kappa shape index (κ2) is 13.7. The molecule has 2 fully saturated rings. The third-order valence-electron chi connectivity index (χ3n) is 6.69. The molecule has 0 radical (unpaired) electrons. The van der Waals surface area contributed by atoms with Crippen LogP contribution in [0.2, 0.25) is 0 Å². The third-order valence-corrected chi connectivity index (χ3v) is 9.30. The average Bonchev–Trinajstić information content (AvgIpc) is 3.61. The van der Waals surface area contributed by atoms with E-state index in [2.05, 4.69) is 28.3 Å². The van der Waals surface area contributed by atoms with Crippen LogP contribution in [0.3, 0.4) is 0 Å². The summed E-state index contributed by atoms with van der Waals surface area (Å²) < 4.78 is 51.6. The number of aliphatic hydroxyl groups excluding tert-OH is 2. The third kappa shape index (κ3) is 7.60. The molecule has 45 heavy (non-hydrogen) atoms. The minimum atomic E-state index is -5.42. The molecule has 5 heterocycles. The number of ether oxygens (including phenoxy) is 2. The van der Waals surface area contributed by atoms with Crippen LogP contribution in [0, 0.1) is 0 Å². The molecule has 0 bridgehead atoms. The Morgan fingerprint density at radius 2 is 1.71 bits per heavy atom. The van der Waals surface area contributed by atoms with Crippen molar-refractivity contribution in [1.29, 1.82) is 0 Å². The Bertz CT molecular complexity index is 1640. The number of amides is 1. The molecule has 21 nitrogen and oxygen atoms in total. The van der Waals surface area contributed by atoms with Gasteiger partial charge in [-0.2, -0.15) is 8.88 Å². The summed E-state index contributed by atoms with van der Waals surface area (Å²) in [6, 6.07) is 2.75. The van der Waals surface area contributed by atoms with E-state index in [1.807, 2.05) is 0 Å². The first-order valence-corrected chi connectivity index (χ1v) is 15.5. The number of carbonyl (C=O) groups is 1. The number of hydrogen-bond donors (Lipinski definition) is 6. The van der Waals surface area contributed by atoms with E-state index in [0.29, 0.717) is 0 Å². The van der Waals surface area contributed by atoms with Crippen molar-refractivity contribution in [3.05, 3.63) is 42.7 Å². The second-order valence-corrected chi connectivity index (χ2v) is 12.7. The fourth-order valence-corrected chi connectivity index (χ4v) is 6.64. The molecule has 2 aliphatic heterocycles. The summed E-state index contributed by atoms with van der Waals surface area (Å²) in [4.78, 5) is 43.2. The van der Waals surface area contributed by atoms with Gasteiger partial charge in [0.25, 0.3) is 5.91 Å². The van der Waals surface area contributed by atoms with E-state index < -0.39 is 83.8 Å². The molecule has 0 saturated carbocycles. The molecule has 2 aliphatic rings. The fourth-order valence-electron chi connectivity index (χ4n) is 4.54. The van der Waals surface area contributed by atoms with E-state index in [0.717, 1.165) is 10.9 Å². The number of phosphoric ester groups is 2. The van der Waals surface area contributed by atoms with Crippen LogP contribution in [0.25, 0.3) is 11.2 Å². The van der Waals surface area contributed by atoms with Crippen LogP contribution in [0.15, 0.2) is 37.2 Å². The fraction of sp³-hybridized carbons (Fsp3) is 0.476. The van der Waals surface area contributed by atoms with Crippen molar-refractivity contribution >= 4 is 38.5 Å². The topological polar surface area (TPSA) is 324 Å². The molecule has 5 rings (SSSR count). The maximum Gasteiger partial charge on any atom is 1.00 e. The number of fused-ring (bicyclic) bond motifs is 1. The van der Waals surface area contributed by atoms with Crippen molar-refractivity contribution in [3.8, 4) is 0 Å². The number of carbonyl (C=O) groups excluding carboxylic acids is 1. The Balaban J connectivity index is 0.00000461. The van der Waals surface area contributed by atoms with Gasteiger partial charge >= 0.3 is 34.5 Å². The molecule has 10 atom stereocenters. The summed E-state index contributed by atoms with van der Waals surface area (Å²) >= 11 is 0. The first-order chi connectivity index (χ1) is 20.7. The first kappa shape index (κ1) is 35.4. The number of aromatic nitrogens is 5. The van der Waals surface area contributed by atoms with E-state index >= 15 is 0 Å². The van der Waals surface area contributed by atoms with Crippen molar-refractivity contribution in [2.45, 2.75) is 49.1 Å². The molecule has 0 aromatic carbocycles. The van der Waals surface area contributed by atoms with Gasteiger partial charge in [0.2, 0.25) is 6.23 Å². The molecule has 3 aromatic heterocycles. The van der Waals surface area contributed by atoms with Gasteiger partial charge < -0.3 is 51.2 Å². The van der Waals surface area contributed by atoms with Gasteiger partial charge in [-0.25, -0.2) is 24.1 Å². The van der Waals surface area contributed by atoms with Crippen molar-refractivity contribution in [2.24, 2.45) is 5.73 Å². The number of nitrogens with zero attached hydrogens (tertiary/aromatic N) is 5. The Morgan fingerprint density at radius 1 is 1.04 bits per heavy atom. The number of nitrogens with two attached hydrogens (primary N) is 2. The zero-order valence-electron chi connectivity index (χ0n) is 23.2. The number of phosphoric acid groups is 2. The Hall–Kier alpha value is -2.41. The number of rotatable bonds is 11. The summed E-state index contributed by atoms with van der Waals surface area (Å²) in [5, 5.41) is 45.9. The Kier molecular flexibility index (Phi) is 10.8. The van der Waals surface area contributed by atoms with E-state index in [4.69, 9.17) is 20.9 Å². The molecule has 1 amide bonds. The summed E-state index contributed by atoms with van der Waals surface area (Å²) in [7, 11) is -10.8. The van der Waals surface area contributed by atoms with Gasteiger partial charge in [-0.15, -0.1) is 6.10 Å². The van der Waals surface area contributed by atoms with Crippen LogP contribution in [0.1, 0.15) is 22.8 Å². The SMILES string of the molecule is NC(=O)c1ccc[n+]([C@@H]2O[C@H](COP(=O)(O)OP(=O)(O)OC[C@H]3O[C@@H](n4cnc5c(N)ncnc54)[C@H](O)[C@@H]3O)[C@@H]([O-])[C@H]2[O-])c1.[Li+]. The summed E-state index contributed by atoms with van der Waals surface area (Å²) in [5.41, 5.74) is 11.3. The van der Waals surface area contributed by atoms with Gasteiger partial charge in [0.05, 0.1) is 25.6 Å². The number of anilines is 1.